The summed E-state index contributed by atoms with van der Waals surface area (Å²) in [7, 11) is 0. The Morgan fingerprint density at radius 2 is 2.41 bits per heavy atom. The van der Waals surface area contributed by atoms with E-state index >= 15 is 0 Å². The van der Waals surface area contributed by atoms with Crippen LogP contribution in [-0.4, -0.2) is 19.5 Å². The van der Waals surface area contributed by atoms with Gasteiger partial charge in [0.15, 0.2) is 11.2 Å². The summed E-state index contributed by atoms with van der Waals surface area (Å²) < 4.78 is 1.44. The molecule has 3 aromatic rings. The van der Waals surface area contributed by atoms with Crippen molar-refractivity contribution in [1.82, 2.24) is 19.5 Å². The lowest BCUT2D eigenvalue weighted by atomic mass is 10.4. The third kappa shape index (κ3) is 1.60. The first-order valence-corrected chi connectivity index (χ1v) is 5.85. The molecule has 0 unspecified atom stereocenters. The predicted molar refractivity (Wildman–Crippen MR) is 66.0 cm³/mol. The van der Waals surface area contributed by atoms with Gasteiger partial charge in [-0.05, 0) is 11.4 Å². The maximum Gasteiger partial charge on any atom is 0.281 e. The van der Waals surface area contributed by atoms with Crippen molar-refractivity contribution in [2.45, 2.75) is 6.54 Å². The van der Waals surface area contributed by atoms with Crippen LogP contribution in [0.5, 0.6) is 0 Å². The van der Waals surface area contributed by atoms with Crippen molar-refractivity contribution in [1.29, 1.82) is 0 Å². The van der Waals surface area contributed by atoms with Gasteiger partial charge < -0.3 is 10.7 Å². The summed E-state index contributed by atoms with van der Waals surface area (Å²) in [4.78, 5) is 23.9. The lowest BCUT2D eigenvalue weighted by molar-refractivity contribution is 0.772. The highest BCUT2D eigenvalue weighted by atomic mass is 32.1. The van der Waals surface area contributed by atoms with Crippen molar-refractivity contribution in [3.05, 3.63) is 39.1 Å². The number of nitrogen functional groups attached to an aromatic ring is 1. The molecule has 86 valence electrons. The number of nitrogens with two attached hydrogens (primary N) is 1. The summed E-state index contributed by atoms with van der Waals surface area (Å²) in [6, 6.07) is 3.89. The molecule has 7 heteroatoms. The second kappa shape index (κ2) is 3.70. The molecule has 6 nitrogen and oxygen atoms in total. The van der Waals surface area contributed by atoms with Crippen LogP contribution in [0.15, 0.2) is 28.6 Å². The van der Waals surface area contributed by atoms with Gasteiger partial charge >= 0.3 is 0 Å². The summed E-state index contributed by atoms with van der Waals surface area (Å²) in [5.41, 5.74) is 6.31. The number of thiophene rings is 1. The Morgan fingerprint density at radius 3 is 3.18 bits per heavy atom. The highest BCUT2D eigenvalue weighted by Crippen LogP contribution is 2.12. The van der Waals surface area contributed by atoms with Crippen LogP contribution in [0.3, 0.4) is 0 Å². The molecule has 3 rings (SSSR count). The monoisotopic (exact) mass is 247 g/mol. The number of H-pyrrole nitrogens is 1. The molecular formula is C10H9N5OS. The van der Waals surface area contributed by atoms with Crippen molar-refractivity contribution in [3.8, 4) is 0 Å². The zero-order valence-electron chi connectivity index (χ0n) is 8.75. The first-order valence-electron chi connectivity index (χ1n) is 4.97. The number of anilines is 1. The molecule has 0 atom stereocenters. The smallest absolute Gasteiger partial charge is 0.281 e. The molecule has 0 bridgehead atoms. The van der Waals surface area contributed by atoms with Crippen LogP contribution in [-0.2, 0) is 6.54 Å². The van der Waals surface area contributed by atoms with Crippen molar-refractivity contribution in [3.63, 3.8) is 0 Å². The molecule has 0 aliphatic rings. The fourth-order valence-electron chi connectivity index (χ4n) is 1.65. The van der Waals surface area contributed by atoms with E-state index in [1.54, 1.807) is 11.3 Å². The third-order valence-corrected chi connectivity index (χ3v) is 3.33. The Hall–Kier alpha value is -2.15. The van der Waals surface area contributed by atoms with Crippen LogP contribution in [0.2, 0.25) is 0 Å². The predicted octanol–water partition coefficient (Wildman–Crippen LogP) is 0.812. The van der Waals surface area contributed by atoms with Gasteiger partial charge in [0.05, 0.1) is 12.9 Å². The van der Waals surface area contributed by atoms with Crippen molar-refractivity contribution in [2.75, 3.05) is 5.73 Å². The Kier molecular flexibility index (Phi) is 2.19. The third-order valence-electron chi connectivity index (χ3n) is 2.47. The average Bonchev–Trinajstić information content (AvgIpc) is 2.94. The van der Waals surface area contributed by atoms with Gasteiger partial charge in [0.25, 0.3) is 5.56 Å². The standard InChI is InChI=1S/C10H9N5OS/c11-10-14-8-7(12-5-13-8)9(16)15(10)4-6-2-1-3-17-6/h1-3,5H,4H2,(H2,11,14)(H,12,13). The van der Waals surface area contributed by atoms with Crippen molar-refractivity contribution in [2.24, 2.45) is 0 Å². The molecule has 0 fully saturated rings. The first-order chi connectivity index (χ1) is 8.25. The molecule has 3 aromatic heterocycles. The quantitative estimate of drug-likeness (QED) is 0.701. The number of nitrogens with one attached hydrogen (secondary N) is 1. The average molecular weight is 247 g/mol. The number of fused-ring (bicyclic) bond motifs is 1. The Morgan fingerprint density at radius 1 is 1.53 bits per heavy atom. The molecule has 0 radical (unpaired) electrons. The SMILES string of the molecule is Nc1nc2nc[nH]c2c(=O)n1Cc1cccs1. The summed E-state index contributed by atoms with van der Waals surface area (Å²) in [6.45, 7) is 0.435. The number of aromatic nitrogens is 4. The molecule has 17 heavy (non-hydrogen) atoms. The molecule has 0 aliphatic heterocycles. The number of rotatable bonds is 2. The van der Waals surface area contributed by atoms with Gasteiger partial charge in [-0.15, -0.1) is 11.3 Å². The molecule has 3 N–H and O–H groups in total. The highest BCUT2D eigenvalue weighted by Gasteiger charge is 2.10. The van der Waals surface area contributed by atoms with Gasteiger partial charge in [0.1, 0.15) is 0 Å². The second-order valence-corrected chi connectivity index (χ2v) is 4.57. The van der Waals surface area contributed by atoms with E-state index in [0.717, 1.165) is 4.88 Å². The summed E-state index contributed by atoms with van der Waals surface area (Å²) in [6.07, 6.45) is 1.44. The van der Waals surface area contributed by atoms with E-state index in [-0.39, 0.29) is 11.5 Å². The fourth-order valence-corrected chi connectivity index (χ4v) is 2.34. The molecule has 3 heterocycles. The number of nitrogens with zero attached hydrogens (tertiary/aromatic N) is 3. The van der Waals surface area contributed by atoms with Gasteiger partial charge in [-0.3, -0.25) is 9.36 Å². The van der Waals surface area contributed by atoms with E-state index in [1.807, 2.05) is 17.5 Å². The normalized spacial score (nSPS) is 11.1. The maximum absolute atomic E-state index is 12.1. The zero-order valence-corrected chi connectivity index (χ0v) is 9.57. The lowest BCUT2D eigenvalue weighted by Gasteiger charge is -2.06. The molecule has 0 saturated carbocycles. The van der Waals surface area contributed by atoms with Gasteiger partial charge in [0.2, 0.25) is 5.95 Å². The topological polar surface area (TPSA) is 89.6 Å². The molecule has 0 aliphatic carbocycles. The van der Waals surface area contributed by atoms with Gasteiger partial charge in [-0.1, -0.05) is 6.07 Å². The van der Waals surface area contributed by atoms with E-state index in [0.29, 0.717) is 17.7 Å². The van der Waals surface area contributed by atoms with Crippen LogP contribution in [0, 0.1) is 0 Å². The minimum absolute atomic E-state index is 0.183. The van der Waals surface area contributed by atoms with Crippen LogP contribution in [0.4, 0.5) is 5.95 Å². The van der Waals surface area contributed by atoms with Crippen molar-refractivity contribution >= 4 is 28.4 Å². The van der Waals surface area contributed by atoms with Gasteiger partial charge in [-0.25, -0.2) is 4.98 Å². The summed E-state index contributed by atoms with van der Waals surface area (Å²) in [5, 5.41) is 1.96. The maximum atomic E-state index is 12.1. The minimum atomic E-state index is -0.196. The lowest BCUT2D eigenvalue weighted by Crippen LogP contribution is -2.24. The van der Waals surface area contributed by atoms with E-state index in [1.165, 1.54) is 10.9 Å². The Labute approximate surface area is 99.8 Å². The second-order valence-electron chi connectivity index (χ2n) is 3.54. The summed E-state index contributed by atoms with van der Waals surface area (Å²) >= 11 is 1.57. The Balaban J connectivity index is 2.18. The summed E-state index contributed by atoms with van der Waals surface area (Å²) in [5.74, 6) is 0.183. The number of imidazole rings is 1. The first kappa shape index (κ1) is 10.0. The number of hydrogen-bond acceptors (Lipinski definition) is 5. The van der Waals surface area contributed by atoms with Crippen LogP contribution in [0.25, 0.3) is 11.2 Å². The van der Waals surface area contributed by atoms with Crippen molar-refractivity contribution < 1.29 is 0 Å². The van der Waals surface area contributed by atoms with Crippen LogP contribution >= 0.6 is 11.3 Å². The van der Waals surface area contributed by atoms with Crippen LogP contribution in [0.1, 0.15) is 4.88 Å². The van der Waals surface area contributed by atoms with Gasteiger partial charge in [0, 0.05) is 4.88 Å². The molecule has 0 aromatic carbocycles. The van der Waals surface area contributed by atoms with E-state index in [9.17, 15) is 4.79 Å². The van der Waals surface area contributed by atoms with E-state index in [4.69, 9.17) is 5.73 Å². The number of aromatic amines is 1. The fraction of sp³-hybridized carbons (Fsp3) is 0.100. The largest absolute Gasteiger partial charge is 0.369 e. The van der Waals surface area contributed by atoms with Crippen LogP contribution < -0.4 is 11.3 Å². The minimum Gasteiger partial charge on any atom is -0.369 e. The highest BCUT2D eigenvalue weighted by molar-refractivity contribution is 7.09. The zero-order chi connectivity index (χ0) is 11.8. The molecule has 0 spiro atoms. The molecular weight excluding hydrogens is 238 g/mol. The van der Waals surface area contributed by atoms with E-state index in [2.05, 4.69) is 15.0 Å². The molecule has 0 amide bonds. The van der Waals surface area contributed by atoms with Gasteiger partial charge in [-0.2, -0.15) is 4.98 Å². The number of hydrogen-bond donors (Lipinski definition) is 2. The van der Waals surface area contributed by atoms with E-state index < -0.39 is 0 Å². The Bertz CT molecular complexity index is 712. The molecule has 0 saturated heterocycles.